The Bertz CT molecular complexity index is 1350. The maximum Gasteiger partial charge on any atom is 0.243 e. The van der Waals surface area contributed by atoms with E-state index in [9.17, 15) is 13.2 Å². The summed E-state index contributed by atoms with van der Waals surface area (Å²) in [6, 6.07) is 19.4. The predicted octanol–water partition coefficient (Wildman–Crippen LogP) is 4.27. The summed E-state index contributed by atoms with van der Waals surface area (Å²) in [5, 5.41) is 13.9. The zero-order chi connectivity index (χ0) is 22.0. The number of rotatable bonds is 6. The molecule has 3 aromatic carbocycles. The number of benzene rings is 3. The number of amides is 1. The van der Waals surface area contributed by atoms with Crippen LogP contribution in [0.25, 0.3) is 21.3 Å². The first-order chi connectivity index (χ1) is 14.8. The van der Waals surface area contributed by atoms with E-state index in [0.717, 1.165) is 20.6 Å². The van der Waals surface area contributed by atoms with Crippen LogP contribution in [0.5, 0.6) is 0 Å². The van der Waals surface area contributed by atoms with Gasteiger partial charge >= 0.3 is 0 Å². The Labute approximate surface area is 188 Å². The molecule has 7 nitrogen and oxygen atoms in total. The van der Waals surface area contributed by atoms with Gasteiger partial charge in [0, 0.05) is 17.6 Å². The second-order valence-electron chi connectivity index (χ2n) is 6.74. The number of hydrogen-bond acceptors (Lipinski definition) is 6. The van der Waals surface area contributed by atoms with E-state index >= 15 is 0 Å². The second-order valence-corrected chi connectivity index (χ2v) is 10.2. The van der Waals surface area contributed by atoms with Crippen molar-refractivity contribution in [1.29, 1.82) is 0 Å². The van der Waals surface area contributed by atoms with Crippen LogP contribution in [0.1, 0.15) is 0 Å². The van der Waals surface area contributed by atoms with Crippen molar-refractivity contribution in [3.05, 3.63) is 71.8 Å². The highest BCUT2D eigenvalue weighted by Crippen LogP contribution is 2.27. The lowest BCUT2D eigenvalue weighted by Gasteiger charge is -2.16. The third kappa shape index (κ3) is 4.75. The Morgan fingerprint density at radius 3 is 2.48 bits per heavy atom. The van der Waals surface area contributed by atoms with Gasteiger partial charge in [0.25, 0.3) is 0 Å². The number of fused-ring (bicyclic) bond motifs is 1. The normalized spacial score (nSPS) is 11.7. The number of halogens is 1. The number of sulfonamides is 1. The van der Waals surface area contributed by atoms with E-state index in [0.29, 0.717) is 10.0 Å². The Kier molecular flexibility index (Phi) is 6.01. The van der Waals surface area contributed by atoms with E-state index in [-0.39, 0.29) is 16.6 Å². The van der Waals surface area contributed by atoms with Gasteiger partial charge in [-0.3, -0.25) is 10.1 Å². The molecule has 0 saturated heterocycles. The quantitative estimate of drug-likeness (QED) is 0.452. The van der Waals surface area contributed by atoms with Gasteiger partial charge in [0.05, 0.1) is 11.4 Å². The molecule has 0 aliphatic rings. The van der Waals surface area contributed by atoms with Crippen LogP contribution >= 0.6 is 22.9 Å². The molecule has 0 fully saturated rings. The molecular formula is C21H17ClN4O3S2. The van der Waals surface area contributed by atoms with E-state index < -0.39 is 15.9 Å². The molecule has 1 N–H and O–H groups in total. The van der Waals surface area contributed by atoms with Crippen molar-refractivity contribution in [1.82, 2.24) is 14.5 Å². The highest BCUT2D eigenvalue weighted by Gasteiger charge is 2.23. The van der Waals surface area contributed by atoms with Crippen molar-refractivity contribution in [2.24, 2.45) is 0 Å². The van der Waals surface area contributed by atoms with Crippen molar-refractivity contribution < 1.29 is 13.2 Å². The average Bonchev–Trinajstić information content (AvgIpc) is 3.22. The minimum absolute atomic E-state index is 0.127. The summed E-state index contributed by atoms with van der Waals surface area (Å²) in [6.45, 7) is -0.356. The molecule has 0 aliphatic carbocycles. The van der Waals surface area contributed by atoms with Crippen LogP contribution in [-0.4, -0.2) is 42.4 Å². The lowest BCUT2D eigenvalue weighted by atomic mass is 10.1. The number of hydrogen-bond donors (Lipinski definition) is 1. The van der Waals surface area contributed by atoms with Crippen molar-refractivity contribution in [3.63, 3.8) is 0 Å². The summed E-state index contributed by atoms with van der Waals surface area (Å²) in [7, 11) is -2.47. The van der Waals surface area contributed by atoms with E-state index in [1.165, 1.54) is 24.5 Å². The molecule has 158 valence electrons. The fraction of sp³-hybridized carbons (Fsp3) is 0.0952. The van der Waals surface area contributed by atoms with Crippen molar-refractivity contribution in [2.45, 2.75) is 4.90 Å². The van der Waals surface area contributed by atoms with Crippen LogP contribution in [0.2, 0.25) is 5.02 Å². The summed E-state index contributed by atoms with van der Waals surface area (Å²) in [4.78, 5) is 12.5. The fourth-order valence-corrected chi connectivity index (χ4v) is 4.99. The smallest absolute Gasteiger partial charge is 0.243 e. The molecule has 0 radical (unpaired) electrons. The monoisotopic (exact) mass is 472 g/mol. The van der Waals surface area contributed by atoms with E-state index in [1.807, 2.05) is 24.3 Å². The van der Waals surface area contributed by atoms with Gasteiger partial charge < -0.3 is 0 Å². The zero-order valence-corrected chi connectivity index (χ0v) is 18.7. The molecular weight excluding hydrogens is 456 g/mol. The van der Waals surface area contributed by atoms with Gasteiger partial charge in [-0.2, -0.15) is 4.31 Å². The lowest BCUT2D eigenvalue weighted by molar-refractivity contribution is -0.116. The molecule has 1 heterocycles. The number of likely N-dealkylation sites (N-methyl/N-ethyl adjacent to an activating group) is 1. The molecule has 0 aliphatic heterocycles. The van der Waals surface area contributed by atoms with Crippen LogP contribution < -0.4 is 5.32 Å². The molecule has 0 saturated carbocycles. The minimum Gasteiger partial charge on any atom is -0.299 e. The van der Waals surface area contributed by atoms with Gasteiger partial charge in [0.2, 0.25) is 21.1 Å². The Balaban J connectivity index is 1.44. The summed E-state index contributed by atoms with van der Waals surface area (Å²) in [5.74, 6) is -0.509. The van der Waals surface area contributed by atoms with E-state index in [2.05, 4.69) is 15.5 Å². The van der Waals surface area contributed by atoms with Crippen LogP contribution in [0.4, 0.5) is 5.13 Å². The van der Waals surface area contributed by atoms with Crippen LogP contribution in [-0.2, 0) is 14.8 Å². The largest absolute Gasteiger partial charge is 0.299 e. The average molecular weight is 473 g/mol. The van der Waals surface area contributed by atoms with E-state index in [1.54, 1.807) is 36.4 Å². The molecule has 1 aromatic heterocycles. The minimum atomic E-state index is -3.83. The van der Waals surface area contributed by atoms with E-state index in [4.69, 9.17) is 11.6 Å². The van der Waals surface area contributed by atoms with Crippen molar-refractivity contribution in [3.8, 4) is 10.6 Å². The van der Waals surface area contributed by atoms with Crippen molar-refractivity contribution in [2.75, 3.05) is 18.9 Å². The topological polar surface area (TPSA) is 92.3 Å². The van der Waals surface area contributed by atoms with Gasteiger partial charge in [-0.25, -0.2) is 8.42 Å². The number of nitrogens with one attached hydrogen (secondary N) is 1. The molecule has 0 bridgehead atoms. The molecule has 4 rings (SSSR count). The van der Waals surface area contributed by atoms with Crippen LogP contribution in [0, 0.1) is 0 Å². The van der Waals surface area contributed by atoms with Crippen molar-refractivity contribution >= 4 is 54.8 Å². The van der Waals surface area contributed by atoms with Gasteiger partial charge in [-0.15, -0.1) is 10.2 Å². The molecule has 0 atom stereocenters. The maximum absolute atomic E-state index is 12.9. The highest BCUT2D eigenvalue weighted by atomic mass is 35.5. The lowest BCUT2D eigenvalue weighted by Crippen LogP contribution is -2.34. The predicted molar refractivity (Wildman–Crippen MR) is 123 cm³/mol. The summed E-state index contributed by atoms with van der Waals surface area (Å²) < 4.78 is 26.8. The number of nitrogens with zero attached hydrogens (tertiary/aromatic N) is 3. The summed E-state index contributed by atoms with van der Waals surface area (Å²) >= 11 is 7.08. The first kappa shape index (κ1) is 21.4. The molecule has 4 aromatic rings. The molecule has 31 heavy (non-hydrogen) atoms. The third-order valence-electron chi connectivity index (χ3n) is 4.56. The van der Waals surface area contributed by atoms with Crippen LogP contribution in [0.15, 0.2) is 71.6 Å². The Morgan fingerprint density at radius 1 is 1.03 bits per heavy atom. The molecule has 10 heteroatoms. The number of carbonyl (C=O) groups excluding carboxylic acids is 1. The highest BCUT2D eigenvalue weighted by molar-refractivity contribution is 7.89. The van der Waals surface area contributed by atoms with Crippen LogP contribution in [0.3, 0.4) is 0 Å². The van der Waals surface area contributed by atoms with Gasteiger partial charge in [0.1, 0.15) is 5.01 Å². The molecule has 0 spiro atoms. The number of carbonyl (C=O) groups is 1. The number of aromatic nitrogens is 2. The number of anilines is 1. The van der Waals surface area contributed by atoms with Gasteiger partial charge in [-0.1, -0.05) is 65.4 Å². The Morgan fingerprint density at radius 2 is 1.74 bits per heavy atom. The Hall–Kier alpha value is -2.85. The summed E-state index contributed by atoms with van der Waals surface area (Å²) in [6.07, 6.45) is 0. The molecule has 0 unspecified atom stereocenters. The second kappa shape index (κ2) is 8.72. The van der Waals surface area contributed by atoms with Gasteiger partial charge in [0.15, 0.2) is 0 Å². The first-order valence-corrected chi connectivity index (χ1v) is 11.8. The van der Waals surface area contributed by atoms with Gasteiger partial charge in [-0.05, 0) is 35.0 Å². The summed E-state index contributed by atoms with van der Waals surface area (Å²) in [5.41, 5.74) is 0.818. The maximum atomic E-state index is 12.9. The fourth-order valence-electron chi connectivity index (χ4n) is 2.94. The SMILES string of the molecule is CN(CC(=O)Nc1nnc(-c2ccc(Cl)cc2)s1)S(=O)(=O)c1ccc2ccccc2c1. The molecule has 1 amide bonds. The first-order valence-electron chi connectivity index (χ1n) is 9.17. The third-order valence-corrected chi connectivity index (χ3v) is 7.50. The zero-order valence-electron chi connectivity index (χ0n) is 16.3. The standard InChI is InChI=1S/C21H17ClN4O3S2/c1-26(31(28,29)18-11-8-14-4-2-3-5-16(14)12-18)13-19(27)23-21-25-24-20(30-21)15-6-9-17(22)10-7-15/h2-12H,13H2,1H3,(H,23,25,27).